The van der Waals surface area contributed by atoms with E-state index in [1.165, 1.54) is 21.0 Å². The van der Waals surface area contributed by atoms with Crippen molar-refractivity contribution >= 4 is 34.1 Å². The maximum absolute atomic E-state index is 12.4. The van der Waals surface area contributed by atoms with Crippen LogP contribution in [0.2, 0.25) is 0 Å². The maximum Gasteiger partial charge on any atom is 0.311 e. The van der Waals surface area contributed by atoms with E-state index in [0.29, 0.717) is 22.6 Å². The van der Waals surface area contributed by atoms with Gasteiger partial charge in [-0.15, -0.1) is 0 Å². The van der Waals surface area contributed by atoms with Gasteiger partial charge in [-0.05, 0) is 55.0 Å². The summed E-state index contributed by atoms with van der Waals surface area (Å²) >= 11 is 0. The molecule has 1 N–H and O–H groups in total. The minimum Gasteiger partial charge on any atom is -0.496 e. The second-order valence-corrected chi connectivity index (χ2v) is 6.94. The number of nitrogens with one attached hydrogen (secondary N) is 1. The Kier molecular flexibility index (Phi) is 6.47. The number of Topliss-reactive ketones (excluding diaryl/α,β-unsaturated/α-hetero) is 1. The Bertz CT molecular complexity index is 1110. The normalized spacial score (nSPS) is 11.6. The first-order chi connectivity index (χ1) is 14.4. The number of carbonyl (C=O) groups is 3. The summed E-state index contributed by atoms with van der Waals surface area (Å²) in [7, 11) is 1.48. The third kappa shape index (κ3) is 5.03. The van der Waals surface area contributed by atoms with Crippen LogP contribution in [-0.4, -0.2) is 30.9 Å². The van der Waals surface area contributed by atoms with E-state index in [9.17, 15) is 14.4 Å². The summed E-state index contributed by atoms with van der Waals surface area (Å²) in [4.78, 5) is 36.4. The molecule has 0 heterocycles. The average Bonchev–Trinajstić information content (AvgIpc) is 2.73. The number of methoxy groups -OCH3 is 1. The lowest BCUT2D eigenvalue weighted by Crippen LogP contribution is -2.30. The lowest BCUT2D eigenvalue weighted by atomic mass is 10.0. The minimum atomic E-state index is -0.981. The fourth-order valence-corrected chi connectivity index (χ4v) is 3.09. The topological polar surface area (TPSA) is 81.7 Å². The van der Waals surface area contributed by atoms with Gasteiger partial charge in [0.05, 0.1) is 13.5 Å². The highest BCUT2D eigenvalue weighted by molar-refractivity contribution is 5.97. The molecule has 0 radical (unpaired) electrons. The van der Waals surface area contributed by atoms with Gasteiger partial charge in [0.15, 0.2) is 11.9 Å². The van der Waals surface area contributed by atoms with E-state index >= 15 is 0 Å². The van der Waals surface area contributed by atoms with Gasteiger partial charge in [-0.2, -0.15) is 0 Å². The average molecular weight is 405 g/mol. The van der Waals surface area contributed by atoms with Gasteiger partial charge in [0.2, 0.25) is 0 Å². The molecule has 3 aromatic carbocycles. The summed E-state index contributed by atoms with van der Waals surface area (Å²) in [6, 6.07) is 18.3. The molecule has 0 fully saturated rings. The minimum absolute atomic E-state index is 0.113. The van der Waals surface area contributed by atoms with Crippen molar-refractivity contribution in [2.45, 2.75) is 26.4 Å². The predicted octanol–water partition coefficient (Wildman–Crippen LogP) is 4.16. The lowest BCUT2D eigenvalue weighted by molar-refractivity contribution is -0.152. The molecule has 0 aliphatic heterocycles. The van der Waals surface area contributed by atoms with Crippen LogP contribution in [0.1, 0.15) is 29.8 Å². The molecule has 0 aromatic heterocycles. The summed E-state index contributed by atoms with van der Waals surface area (Å²) in [5.41, 5.74) is 1.62. The van der Waals surface area contributed by atoms with Crippen LogP contribution in [0.4, 0.5) is 5.69 Å². The van der Waals surface area contributed by atoms with Gasteiger partial charge in [0.25, 0.3) is 5.91 Å². The smallest absolute Gasteiger partial charge is 0.311 e. The molecule has 0 bridgehead atoms. The first-order valence-electron chi connectivity index (χ1n) is 9.54. The molecule has 6 nitrogen and oxygen atoms in total. The van der Waals surface area contributed by atoms with E-state index in [-0.39, 0.29) is 12.2 Å². The highest BCUT2D eigenvalue weighted by atomic mass is 16.5. The Labute approximate surface area is 174 Å². The second-order valence-electron chi connectivity index (χ2n) is 6.94. The second kappa shape index (κ2) is 9.22. The number of fused-ring (bicyclic) bond motifs is 1. The Morgan fingerprint density at radius 3 is 2.40 bits per heavy atom. The summed E-state index contributed by atoms with van der Waals surface area (Å²) in [6.07, 6.45) is -1.09. The Morgan fingerprint density at radius 1 is 0.967 bits per heavy atom. The van der Waals surface area contributed by atoms with Crippen molar-refractivity contribution in [2.75, 3.05) is 12.4 Å². The van der Waals surface area contributed by atoms with Crippen LogP contribution < -0.4 is 10.1 Å². The number of hydrogen-bond donors (Lipinski definition) is 1. The standard InChI is InChI=1S/C24H23NO5/c1-15(26)18-9-11-22(29-3)20(12-18)14-23(27)30-16(2)24(28)25-21-10-8-17-6-4-5-7-19(17)13-21/h4-13,16H,14H2,1-3H3,(H,25,28)/t16-/m0/s1. The van der Waals surface area contributed by atoms with Crippen molar-refractivity contribution in [3.63, 3.8) is 0 Å². The van der Waals surface area contributed by atoms with Crippen LogP contribution in [0.15, 0.2) is 60.7 Å². The van der Waals surface area contributed by atoms with Crippen molar-refractivity contribution in [2.24, 2.45) is 0 Å². The molecule has 30 heavy (non-hydrogen) atoms. The van der Waals surface area contributed by atoms with Gasteiger partial charge < -0.3 is 14.8 Å². The van der Waals surface area contributed by atoms with Gasteiger partial charge in [0, 0.05) is 16.8 Å². The fraction of sp³-hybridized carbons (Fsp3) is 0.208. The van der Waals surface area contributed by atoms with Crippen molar-refractivity contribution in [3.05, 3.63) is 71.8 Å². The summed E-state index contributed by atoms with van der Waals surface area (Å²) in [6.45, 7) is 2.96. The first-order valence-corrected chi connectivity index (χ1v) is 9.54. The number of benzene rings is 3. The molecule has 0 spiro atoms. The fourth-order valence-electron chi connectivity index (χ4n) is 3.09. The molecule has 0 aliphatic rings. The van der Waals surface area contributed by atoms with Gasteiger partial charge in [-0.3, -0.25) is 14.4 Å². The quantitative estimate of drug-likeness (QED) is 0.471. The van der Waals surface area contributed by atoms with Crippen LogP contribution in [0, 0.1) is 0 Å². The predicted molar refractivity (Wildman–Crippen MR) is 115 cm³/mol. The number of esters is 1. The molecule has 0 unspecified atom stereocenters. The van der Waals surface area contributed by atoms with Crippen LogP contribution >= 0.6 is 0 Å². The zero-order valence-electron chi connectivity index (χ0n) is 17.1. The maximum atomic E-state index is 12.4. The Hall–Kier alpha value is -3.67. The monoisotopic (exact) mass is 405 g/mol. The molecule has 6 heteroatoms. The number of ether oxygens (including phenoxy) is 2. The van der Waals surface area contributed by atoms with Gasteiger partial charge in [-0.25, -0.2) is 0 Å². The first kappa shape index (κ1) is 21.0. The van der Waals surface area contributed by atoms with E-state index in [0.717, 1.165) is 10.8 Å². The summed E-state index contributed by atoms with van der Waals surface area (Å²) in [5.74, 6) is -0.654. The zero-order chi connectivity index (χ0) is 21.7. The molecule has 0 saturated heterocycles. The third-order valence-electron chi connectivity index (χ3n) is 4.72. The molecular weight excluding hydrogens is 382 g/mol. The van der Waals surface area contributed by atoms with E-state index < -0.39 is 18.0 Å². The molecular formula is C24H23NO5. The van der Waals surface area contributed by atoms with E-state index in [1.807, 2.05) is 36.4 Å². The third-order valence-corrected chi connectivity index (χ3v) is 4.72. The molecule has 1 amide bonds. The molecule has 3 rings (SSSR count). The van der Waals surface area contributed by atoms with Gasteiger partial charge in [-0.1, -0.05) is 30.3 Å². The van der Waals surface area contributed by atoms with E-state index in [2.05, 4.69) is 5.32 Å². The van der Waals surface area contributed by atoms with Crippen molar-refractivity contribution in [1.29, 1.82) is 0 Å². The number of ketones is 1. The van der Waals surface area contributed by atoms with E-state index in [1.54, 1.807) is 24.3 Å². The lowest BCUT2D eigenvalue weighted by Gasteiger charge is -2.15. The van der Waals surface area contributed by atoms with Crippen molar-refractivity contribution in [3.8, 4) is 5.75 Å². The number of amides is 1. The van der Waals surface area contributed by atoms with Gasteiger partial charge >= 0.3 is 5.97 Å². The number of hydrogen-bond acceptors (Lipinski definition) is 5. The molecule has 3 aromatic rings. The molecule has 154 valence electrons. The highest BCUT2D eigenvalue weighted by Crippen LogP contribution is 2.22. The van der Waals surface area contributed by atoms with Crippen LogP contribution in [0.25, 0.3) is 10.8 Å². The summed E-state index contributed by atoms with van der Waals surface area (Å²) < 4.78 is 10.5. The van der Waals surface area contributed by atoms with Crippen LogP contribution in [-0.2, 0) is 20.7 Å². The van der Waals surface area contributed by atoms with Crippen molar-refractivity contribution in [1.82, 2.24) is 0 Å². The van der Waals surface area contributed by atoms with Crippen LogP contribution in [0.3, 0.4) is 0 Å². The molecule has 0 saturated carbocycles. The number of anilines is 1. The largest absolute Gasteiger partial charge is 0.496 e. The molecule has 1 atom stereocenters. The molecule has 0 aliphatic carbocycles. The van der Waals surface area contributed by atoms with Crippen molar-refractivity contribution < 1.29 is 23.9 Å². The Morgan fingerprint density at radius 2 is 1.70 bits per heavy atom. The zero-order valence-corrected chi connectivity index (χ0v) is 17.1. The summed E-state index contributed by atoms with van der Waals surface area (Å²) in [5, 5.41) is 4.83. The SMILES string of the molecule is COc1ccc(C(C)=O)cc1CC(=O)O[C@@H](C)C(=O)Nc1ccc2ccccc2c1. The highest BCUT2D eigenvalue weighted by Gasteiger charge is 2.20. The van der Waals surface area contributed by atoms with E-state index in [4.69, 9.17) is 9.47 Å². The van der Waals surface area contributed by atoms with Gasteiger partial charge in [0.1, 0.15) is 5.75 Å². The Balaban J connectivity index is 1.64. The number of rotatable bonds is 7. The number of carbonyl (C=O) groups excluding carboxylic acids is 3. The van der Waals surface area contributed by atoms with Crippen LogP contribution in [0.5, 0.6) is 5.75 Å².